The zero-order valence-electron chi connectivity index (χ0n) is 22.1. The molecule has 0 N–H and O–H groups in total. The molecule has 0 aliphatic heterocycles. The van der Waals surface area contributed by atoms with Gasteiger partial charge < -0.3 is 0 Å². The molecule has 0 saturated heterocycles. The highest BCUT2D eigenvalue weighted by atomic mass is 79.9. The van der Waals surface area contributed by atoms with Crippen LogP contribution in [0.3, 0.4) is 0 Å². The molecule has 0 unspecified atom stereocenters. The van der Waals surface area contributed by atoms with Crippen molar-refractivity contribution in [1.29, 1.82) is 0 Å². The standard InChI is InChI=1S/C30H38Br2N2S3/c1-3-5-7-9-11-13-15-21-19-25(35-29(21)31)23-17-18-24-28(34-37-33-24)27(23)26-20-22(30(32)36-26)16-14-12-10-8-6-4-2/h17-20H,3-16H2,1-2H3. The van der Waals surface area contributed by atoms with Gasteiger partial charge in [0.15, 0.2) is 0 Å². The summed E-state index contributed by atoms with van der Waals surface area (Å²) in [5, 5.41) is 0. The number of thiophene rings is 2. The number of hydrogen-bond donors (Lipinski definition) is 0. The quantitative estimate of drug-likeness (QED) is 0.110. The van der Waals surface area contributed by atoms with E-state index in [4.69, 9.17) is 4.37 Å². The second kappa shape index (κ2) is 15.3. The lowest BCUT2D eigenvalue weighted by molar-refractivity contribution is 0.607. The number of hydrogen-bond acceptors (Lipinski definition) is 5. The lowest BCUT2D eigenvalue weighted by Crippen LogP contribution is -1.86. The maximum Gasteiger partial charge on any atom is 0.114 e. The van der Waals surface area contributed by atoms with Crippen molar-refractivity contribution < 1.29 is 0 Å². The first-order chi connectivity index (χ1) is 18.1. The maximum atomic E-state index is 4.75. The molecule has 0 fully saturated rings. The molecule has 0 saturated carbocycles. The Kier molecular flexibility index (Phi) is 12.1. The Bertz CT molecular complexity index is 1260. The first-order valence-electron chi connectivity index (χ1n) is 13.9. The zero-order chi connectivity index (χ0) is 26.0. The van der Waals surface area contributed by atoms with E-state index in [1.54, 1.807) is 0 Å². The summed E-state index contributed by atoms with van der Waals surface area (Å²) in [4.78, 5) is 2.61. The number of rotatable bonds is 16. The smallest absolute Gasteiger partial charge is 0.114 e. The monoisotopic (exact) mass is 680 g/mol. The van der Waals surface area contributed by atoms with Gasteiger partial charge in [0, 0.05) is 20.9 Å². The minimum absolute atomic E-state index is 0.994. The number of aryl methyl sites for hydroxylation is 2. The molecule has 3 aromatic heterocycles. The van der Waals surface area contributed by atoms with Crippen molar-refractivity contribution in [2.24, 2.45) is 0 Å². The summed E-state index contributed by atoms with van der Waals surface area (Å²) in [7, 11) is 0. The van der Waals surface area contributed by atoms with Crippen molar-refractivity contribution in [1.82, 2.24) is 8.75 Å². The van der Waals surface area contributed by atoms with Crippen LogP contribution in [0.2, 0.25) is 0 Å². The number of aromatic nitrogens is 2. The number of benzene rings is 1. The van der Waals surface area contributed by atoms with Gasteiger partial charge in [-0.1, -0.05) is 84.1 Å². The molecule has 37 heavy (non-hydrogen) atoms. The van der Waals surface area contributed by atoms with Crippen LogP contribution < -0.4 is 0 Å². The van der Waals surface area contributed by atoms with E-state index in [2.05, 4.69) is 74.3 Å². The number of halogens is 2. The van der Waals surface area contributed by atoms with Crippen molar-refractivity contribution in [3.8, 4) is 20.9 Å². The Morgan fingerprint density at radius 1 is 0.649 bits per heavy atom. The highest BCUT2D eigenvalue weighted by Crippen LogP contribution is 2.46. The van der Waals surface area contributed by atoms with Crippen LogP contribution in [0.4, 0.5) is 0 Å². The highest BCUT2D eigenvalue weighted by molar-refractivity contribution is 9.11. The molecule has 0 bridgehead atoms. The topological polar surface area (TPSA) is 25.8 Å². The molecule has 1 aromatic carbocycles. The largest absolute Gasteiger partial charge is 0.173 e. The first kappa shape index (κ1) is 29.4. The molecule has 200 valence electrons. The number of fused-ring (bicyclic) bond motifs is 1. The lowest BCUT2D eigenvalue weighted by atomic mass is 10.00. The van der Waals surface area contributed by atoms with Crippen LogP contribution in [0.5, 0.6) is 0 Å². The van der Waals surface area contributed by atoms with Gasteiger partial charge in [0.1, 0.15) is 11.0 Å². The van der Waals surface area contributed by atoms with Gasteiger partial charge in [-0.15, -0.1) is 22.7 Å². The van der Waals surface area contributed by atoms with Gasteiger partial charge >= 0.3 is 0 Å². The molecular weight excluding hydrogens is 644 g/mol. The summed E-state index contributed by atoms with van der Waals surface area (Å²) in [5.74, 6) is 0. The molecule has 3 heterocycles. The van der Waals surface area contributed by atoms with Gasteiger partial charge in [-0.3, -0.25) is 0 Å². The van der Waals surface area contributed by atoms with Gasteiger partial charge in [-0.25, -0.2) is 0 Å². The molecule has 0 radical (unpaired) electrons. The normalized spacial score (nSPS) is 11.7. The SMILES string of the molecule is CCCCCCCCc1cc(-c2ccc3nsnc3c2-c2cc(CCCCCCCC)c(Br)s2)sc1Br. The van der Waals surface area contributed by atoms with Crippen LogP contribution in [-0.4, -0.2) is 8.75 Å². The van der Waals surface area contributed by atoms with Crippen molar-refractivity contribution in [3.05, 3.63) is 43.0 Å². The molecule has 0 amide bonds. The number of unbranched alkanes of at least 4 members (excludes halogenated alkanes) is 10. The average molecular weight is 683 g/mol. The van der Waals surface area contributed by atoms with Crippen LogP contribution in [0.25, 0.3) is 31.9 Å². The fourth-order valence-corrected chi connectivity index (χ4v) is 9.08. The van der Waals surface area contributed by atoms with Crippen LogP contribution >= 0.6 is 66.3 Å². The minimum Gasteiger partial charge on any atom is -0.173 e. The Morgan fingerprint density at radius 2 is 1.19 bits per heavy atom. The Morgan fingerprint density at radius 3 is 1.81 bits per heavy atom. The summed E-state index contributed by atoms with van der Waals surface area (Å²) in [5.41, 5.74) is 7.41. The van der Waals surface area contributed by atoms with Crippen molar-refractivity contribution in [2.45, 2.75) is 104 Å². The van der Waals surface area contributed by atoms with Gasteiger partial charge in [0.2, 0.25) is 0 Å². The van der Waals surface area contributed by atoms with Gasteiger partial charge in [-0.05, 0) is 86.9 Å². The van der Waals surface area contributed by atoms with E-state index in [0.717, 1.165) is 23.9 Å². The third kappa shape index (κ3) is 7.97. The predicted octanol–water partition coefficient (Wildman–Crippen LogP) is 12.5. The molecular formula is C30H38Br2N2S3. The van der Waals surface area contributed by atoms with E-state index in [-0.39, 0.29) is 0 Å². The Balaban J connectivity index is 1.54. The zero-order valence-corrected chi connectivity index (χ0v) is 27.7. The molecule has 0 aliphatic rings. The van der Waals surface area contributed by atoms with Crippen LogP contribution in [-0.2, 0) is 12.8 Å². The fourth-order valence-electron chi connectivity index (χ4n) is 4.91. The molecule has 4 rings (SSSR count). The summed E-state index contributed by atoms with van der Waals surface area (Å²) in [6.07, 6.45) is 18.2. The average Bonchev–Trinajstić information content (AvgIpc) is 3.61. The van der Waals surface area contributed by atoms with E-state index in [0.29, 0.717) is 0 Å². The highest BCUT2D eigenvalue weighted by Gasteiger charge is 2.20. The molecule has 0 spiro atoms. The van der Waals surface area contributed by atoms with E-state index >= 15 is 0 Å². The van der Waals surface area contributed by atoms with Crippen molar-refractivity contribution in [2.75, 3.05) is 0 Å². The summed E-state index contributed by atoms with van der Waals surface area (Å²) < 4.78 is 11.9. The lowest BCUT2D eigenvalue weighted by Gasteiger charge is -2.07. The van der Waals surface area contributed by atoms with E-state index < -0.39 is 0 Å². The van der Waals surface area contributed by atoms with Gasteiger partial charge in [-0.2, -0.15) is 8.75 Å². The maximum absolute atomic E-state index is 4.75. The van der Waals surface area contributed by atoms with Gasteiger partial charge in [0.25, 0.3) is 0 Å². The van der Waals surface area contributed by atoms with Crippen LogP contribution in [0.1, 0.15) is 102 Å². The van der Waals surface area contributed by atoms with E-state index in [9.17, 15) is 0 Å². The van der Waals surface area contributed by atoms with Crippen LogP contribution in [0.15, 0.2) is 31.8 Å². The first-order valence-corrected chi connectivity index (χ1v) is 17.9. The summed E-state index contributed by atoms with van der Waals surface area (Å²) in [6, 6.07) is 9.20. The van der Waals surface area contributed by atoms with Crippen molar-refractivity contribution >= 4 is 77.3 Å². The second-order valence-corrected chi connectivity index (χ2v) is 15.2. The summed E-state index contributed by atoms with van der Waals surface area (Å²) >= 11 is 12.8. The van der Waals surface area contributed by atoms with Crippen LogP contribution in [0, 0.1) is 0 Å². The Hall–Kier alpha value is -0.600. The second-order valence-electron chi connectivity index (χ2n) is 9.97. The summed E-state index contributed by atoms with van der Waals surface area (Å²) in [6.45, 7) is 4.56. The van der Waals surface area contributed by atoms with Gasteiger partial charge in [0.05, 0.1) is 19.3 Å². The molecule has 0 aliphatic carbocycles. The van der Waals surface area contributed by atoms with E-state index in [1.165, 1.54) is 128 Å². The molecule has 7 heteroatoms. The van der Waals surface area contributed by atoms with E-state index in [1.807, 2.05) is 22.7 Å². The fraction of sp³-hybridized carbons (Fsp3) is 0.533. The third-order valence-electron chi connectivity index (χ3n) is 7.05. The third-order valence-corrected chi connectivity index (χ3v) is 11.6. The molecule has 2 nitrogen and oxygen atoms in total. The minimum atomic E-state index is 0.994. The predicted molar refractivity (Wildman–Crippen MR) is 174 cm³/mol. The molecule has 0 atom stereocenters. The Labute approximate surface area is 251 Å². The molecule has 4 aromatic rings. The number of nitrogens with zero attached hydrogens (tertiary/aromatic N) is 2. The van der Waals surface area contributed by atoms with Crippen molar-refractivity contribution in [3.63, 3.8) is 0 Å².